The molecule has 0 aromatic heterocycles. The SMILES string of the molecule is CNCC(C)(C)Nc1ccccc1C(F)(F)F. The number of para-hydroxylation sites is 1. The summed E-state index contributed by atoms with van der Waals surface area (Å²) < 4.78 is 38.3. The number of hydrogen-bond acceptors (Lipinski definition) is 2. The first kappa shape index (κ1) is 13.8. The van der Waals surface area contributed by atoms with Gasteiger partial charge < -0.3 is 10.6 Å². The van der Waals surface area contributed by atoms with Crippen molar-refractivity contribution >= 4 is 5.69 Å². The van der Waals surface area contributed by atoms with Crippen molar-refractivity contribution in [2.45, 2.75) is 25.6 Å². The van der Waals surface area contributed by atoms with E-state index >= 15 is 0 Å². The number of nitrogens with one attached hydrogen (secondary N) is 2. The number of rotatable bonds is 4. The number of hydrogen-bond donors (Lipinski definition) is 2. The molecule has 0 amide bonds. The van der Waals surface area contributed by atoms with Crippen LogP contribution in [0.25, 0.3) is 0 Å². The molecule has 0 aliphatic rings. The topological polar surface area (TPSA) is 24.1 Å². The smallest absolute Gasteiger partial charge is 0.378 e. The molecule has 1 aromatic rings. The van der Waals surface area contributed by atoms with Gasteiger partial charge in [-0.25, -0.2) is 0 Å². The number of alkyl halides is 3. The highest BCUT2D eigenvalue weighted by Crippen LogP contribution is 2.35. The highest BCUT2D eigenvalue weighted by molar-refractivity contribution is 5.54. The summed E-state index contributed by atoms with van der Waals surface area (Å²) in [5, 5.41) is 5.85. The number of halogens is 3. The van der Waals surface area contributed by atoms with E-state index in [1.165, 1.54) is 12.1 Å². The minimum atomic E-state index is -4.33. The van der Waals surface area contributed by atoms with Gasteiger partial charge in [0.05, 0.1) is 5.56 Å². The van der Waals surface area contributed by atoms with Gasteiger partial charge in [0.2, 0.25) is 0 Å². The molecule has 5 heteroatoms. The largest absolute Gasteiger partial charge is 0.418 e. The molecule has 0 unspecified atom stereocenters. The van der Waals surface area contributed by atoms with Gasteiger partial charge in [0.25, 0.3) is 0 Å². The number of likely N-dealkylation sites (N-methyl/N-ethyl adjacent to an activating group) is 1. The summed E-state index contributed by atoms with van der Waals surface area (Å²) in [6.07, 6.45) is -4.33. The van der Waals surface area contributed by atoms with E-state index in [-0.39, 0.29) is 5.69 Å². The van der Waals surface area contributed by atoms with E-state index in [0.717, 1.165) is 6.07 Å². The van der Waals surface area contributed by atoms with Crippen LogP contribution in [0, 0.1) is 0 Å². The predicted octanol–water partition coefficient (Wildman–Crippen LogP) is 3.12. The Kier molecular flexibility index (Phi) is 4.03. The van der Waals surface area contributed by atoms with Crippen molar-refractivity contribution in [2.75, 3.05) is 18.9 Å². The maximum Gasteiger partial charge on any atom is 0.418 e. The molecule has 2 N–H and O–H groups in total. The van der Waals surface area contributed by atoms with Crippen LogP contribution in [-0.4, -0.2) is 19.1 Å². The maximum absolute atomic E-state index is 12.8. The van der Waals surface area contributed by atoms with Crippen LogP contribution in [0.5, 0.6) is 0 Å². The molecule has 17 heavy (non-hydrogen) atoms. The van der Waals surface area contributed by atoms with Crippen molar-refractivity contribution in [3.05, 3.63) is 29.8 Å². The molecule has 1 aromatic carbocycles. The quantitative estimate of drug-likeness (QED) is 0.853. The molecule has 0 saturated carbocycles. The van der Waals surface area contributed by atoms with Crippen LogP contribution in [-0.2, 0) is 6.18 Å². The summed E-state index contributed by atoms with van der Waals surface area (Å²) in [4.78, 5) is 0. The third kappa shape index (κ3) is 3.93. The van der Waals surface area contributed by atoms with E-state index in [4.69, 9.17) is 0 Å². The van der Waals surface area contributed by atoms with Crippen molar-refractivity contribution < 1.29 is 13.2 Å². The fourth-order valence-corrected chi connectivity index (χ4v) is 1.69. The fourth-order valence-electron chi connectivity index (χ4n) is 1.69. The van der Waals surface area contributed by atoms with Crippen molar-refractivity contribution in [3.63, 3.8) is 0 Å². The minimum absolute atomic E-state index is 0.111. The standard InChI is InChI=1S/C12H17F3N2/c1-11(2,8-16-3)17-10-7-5-4-6-9(10)12(13,14)15/h4-7,16-17H,8H2,1-3H3. The lowest BCUT2D eigenvalue weighted by Crippen LogP contribution is -2.41. The maximum atomic E-state index is 12.8. The molecule has 2 nitrogen and oxygen atoms in total. The molecule has 0 spiro atoms. The van der Waals surface area contributed by atoms with Gasteiger partial charge in [-0.1, -0.05) is 12.1 Å². The molecule has 0 saturated heterocycles. The van der Waals surface area contributed by atoms with E-state index < -0.39 is 17.3 Å². The van der Waals surface area contributed by atoms with Gasteiger partial charge in [-0.3, -0.25) is 0 Å². The van der Waals surface area contributed by atoms with E-state index in [2.05, 4.69) is 10.6 Å². The van der Waals surface area contributed by atoms with Gasteiger partial charge in [-0.05, 0) is 33.0 Å². The van der Waals surface area contributed by atoms with Gasteiger partial charge in [-0.2, -0.15) is 13.2 Å². The van der Waals surface area contributed by atoms with Gasteiger partial charge in [0.15, 0.2) is 0 Å². The van der Waals surface area contributed by atoms with Crippen LogP contribution >= 0.6 is 0 Å². The minimum Gasteiger partial charge on any atom is -0.378 e. The third-order valence-electron chi connectivity index (χ3n) is 2.32. The van der Waals surface area contributed by atoms with Crippen LogP contribution in [0.1, 0.15) is 19.4 Å². The van der Waals surface area contributed by atoms with Crippen molar-refractivity contribution in [2.24, 2.45) is 0 Å². The van der Waals surface area contributed by atoms with Gasteiger partial charge in [0.1, 0.15) is 0 Å². The Balaban J connectivity index is 2.99. The Morgan fingerprint density at radius 1 is 1.12 bits per heavy atom. The molecular formula is C12H17F3N2. The molecule has 0 atom stereocenters. The second kappa shape index (κ2) is 4.96. The Labute approximate surface area is 99.2 Å². The highest BCUT2D eigenvalue weighted by Gasteiger charge is 2.34. The van der Waals surface area contributed by atoms with Crippen LogP contribution in [0.2, 0.25) is 0 Å². The predicted molar refractivity (Wildman–Crippen MR) is 63.1 cm³/mol. The van der Waals surface area contributed by atoms with E-state index in [0.29, 0.717) is 6.54 Å². The van der Waals surface area contributed by atoms with Crippen molar-refractivity contribution in [3.8, 4) is 0 Å². The normalized spacial score (nSPS) is 12.6. The Bertz CT molecular complexity index is 372. The zero-order chi connectivity index (χ0) is 13.1. The summed E-state index contributed by atoms with van der Waals surface area (Å²) in [6.45, 7) is 4.26. The molecule has 0 bridgehead atoms. The average molecular weight is 246 g/mol. The van der Waals surface area contributed by atoms with E-state index in [9.17, 15) is 13.2 Å². The second-order valence-corrected chi connectivity index (χ2v) is 4.58. The first-order valence-electron chi connectivity index (χ1n) is 5.35. The Hall–Kier alpha value is -1.23. The van der Waals surface area contributed by atoms with E-state index in [1.807, 2.05) is 13.8 Å². The van der Waals surface area contributed by atoms with Crippen LogP contribution in [0.15, 0.2) is 24.3 Å². The molecule has 0 aliphatic carbocycles. The van der Waals surface area contributed by atoms with E-state index in [1.54, 1.807) is 13.1 Å². The zero-order valence-electron chi connectivity index (χ0n) is 10.2. The number of benzene rings is 1. The molecule has 1 rings (SSSR count). The van der Waals surface area contributed by atoms with Crippen LogP contribution in [0.4, 0.5) is 18.9 Å². The van der Waals surface area contributed by atoms with Crippen LogP contribution < -0.4 is 10.6 Å². The third-order valence-corrected chi connectivity index (χ3v) is 2.32. The molecule has 0 fully saturated rings. The Morgan fingerprint density at radius 2 is 1.71 bits per heavy atom. The Morgan fingerprint density at radius 3 is 2.24 bits per heavy atom. The lowest BCUT2D eigenvalue weighted by Gasteiger charge is -2.28. The summed E-state index contributed by atoms with van der Waals surface area (Å²) in [5.74, 6) is 0. The summed E-state index contributed by atoms with van der Waals surface area (Å²) in [5.41, 5.74) is -0.972. The van der Waals surface area contributed by atoms with Crippen molar-refractivity contribution in [1.82, 2.24) is 5.32 Å². The van der Waals surface area contributed by atoms with Gasteiger partial charge in [0, 0.05) is 17.8 Å². The average Bonchev–Trinajstić information content (AvgIpc) is 2.15. The molecule has 0 heterocycles. The monoisotopic (exact) mass is 246 g/mol. The molecule has 0 radical (unpaired) electrons. The molecule has 96 valence electrons. The fraction of sp³-hybridized carbons (Fsp3) is 0.500. The summed E-state index contributed by atoms with van der Waals surface area (Å²) in [7, 11) is 1.76. The summed E-state index contributed by atoms with van der Waals surface area (Å²) in [6, 6.07) is 5.50. The van der Waals surface area contributed by atoms with Gasteiger partial charge >= 0.3 is 6.18 Å². The first-order valence-corrected chi connectivity index (χ1v) is 5.35. The molecular weight excluding hydrogens is 229 g/mol. The zero-order valence-corrected chi connectivity index (χ0v) is 10.2. The first-order chi connectivity index (χ1) is 7.76. The van der Waals surface area contributed by atoms with Gasteiger partial charge in [-0.15, -0.1) is 0 Å². The summed E-state index contributed by atoms with van der Waals surface area (Å²) >= 11 is 0. The van der Waals surface area contributed by atoms with Crippen LogP contribution in [0.3, 0.4) is 0 Å². The highest BCUT2D eigenvalue weighted by atomic mass is 19.4. The second-order valence-electron chi connectivity index (χ2n) is 4.58. The van der Waals surface area contributed by atoms with Crippen molar-refractivity contribution in [1.29, 1.82) is 0 Å². The molecule has 0 aliphatic heterocycles. The lowest BCUT2D eigenvalue weighted by atomic mass is 10.0. The lowest BCUT2D eigenvalue weighted by molar-refractivity contribution is -0.137. The number of anilines is 1.